The van der Waals surface area contributed by atoms with E-state index in [0.29, 0.717) is 5.56 Å². The Balaban J connectivity index is 1.29. The number of rotatable bonds is 3. The number of benzene rings is 3. The van der Waals surface area contributed by atoms with Gasteiger partial charge in [0.05, 0.1) is 28.3 Å². The maximum atomic E-state index is 12.8. The molecule has 0 bridgehead atoms. The van der Waals surface area contributed by atoms with Gasteiger partial charge >= 0.3 is 0 Å². The summed E-state index contributed by atoms with van der Waals surface area (Å²) in [4.78, 5) is 12.8. The molecule has 2 heterocycles. The van der Waals surface area contributed by atoms with E-state index in [1.165, 1.54) is 0 Å². The Bertz CT molecular complexity index is 1420. The van der Waals surface area contributed by atoms with Crippen molar-refractivity contribution in [2.45, 2.75) is 17.8 Å². The van der Waals surface area contributed by atoms with Crippen molar-refractivity contribution in [1.29, 1.82) is 5.26 Å². The van der Waals surface area contributed by atoms with Crippen LogP contribution in [0.3, 0.4) is 0 Å². The Morgan fingerprint density at radius 3 is 2.74 bits per heavy atom. The first-order chi connectivity index (χ1) is 15.2. The van der Waals surface area contributed by atoms with Crippen LogP contribution in [0.4, 0.5) is 5.69 Å². The van der Waals surface area contributed by atoms with Gasteiger partial charge in [-0.15, -0.1) is 0 Å². The number of anilines is 1. The predicted molar refractivity (Wildman–Crippen MR) is 120 cm³/mol. The van der Waals surface area contributed by atoms with Gasteiger partial charge in [-0.3, -0.25) is 9.89 Å². The molecule has 0 saturated heterocycles. The first kappa shape index (κ1) is 17.7. The van der Waals surface area contributed by atoms with Gasteiger partial charge in [-0.25, -0.2) is 0 Å². The third-order valence-electron chi connectivity index (χ3n) is 6.51. The Morgan fingerprint density at radius 1 is 1.06 bits per heavy atom. The van der Waals surface area contributed by atoms with Crippen molar-refractivity contribution in [2.75, 3.05) is 5.32 Å². The number of para-hydroxylation sites is 1. The van der Waals surface area contributed by atoms with Gasteiger partial charge in [0.1, 0.15) is 0 Å². The quantitative estimate of drug-likeness (QED) is 0.507. The molecule has 1 spiro atoms. The Kier molecular flexibility index (Phi) is 3.66. The summed E-state index contributed by atoms with van der Waals surface area (Å²) in [7, 11) is 0. The van der Waals surface area contributed by atoms with Gasteiger partial charge in [-0.2, -0.15) is 10.4 Å². The summed E-state index contributed by atoms with van der Waals surface area (Å²) in [5.74, 6) is 0.288. The molecule has 31 heavy (non-hydrogen) atoms. The van der Waals surface area contributed by atoms with E-state index in [1.807, 2.05) is 42.5 Å². The lowest BCUT2D eigenvalue weighted by atomic mass is 9.92. The Hall–Kier alpha value is -4.17. The van der Waals surface area contributed by atoms with Crippen LogP contribution in [-0.4, -0.2) is 16.1 Å². The lowest BCUT2D eigenvalue weighted by Crippen LogP contribution is -2.20. The summed E-state index contributed by atoms with van der Waals surface area (Å²) in [5.41, 5.74) is 6.26. The second-order valence-electron chi connectivity index (χ2n) is 8.21. The van der Waals surface area contributed by atoms with E-state index in [2.05, 4.69) is 45.8 Å². The summed E-state index contributed by atoms with van der Waals surface area (Å²) in [6.07, 6.45) is 4.79. The monoisotopic (exact) mass is 402 g/mol. The number of H-pyrrole nitrogens is 1. The van der Waals surface area contributed by atoms with Crippen LogP contribution in [0.2, 0.25) is 0 Å². The van der Waals surface area contributed by atoms with Crippen LogP contribution in [0.15, 0.2) is 66.7 Å². The van der Waals surface area contributed by atoms with Gasteiger partial charge in [0.25, 0.3) is 0 Å². The molecule has 6 rings (SSSR count). The van der Waals surface area contributed by atoms with Crippen LogP contribution in [0, 0.1) is 11.3 Å². The molecule has 1 aromatic heterocycles. The zero-order valence-electron chi connectivity index (χ0n) is 16.6. The smallest absolute Gasteiger partial charge is 0.235 e. The second-order valence-corrected chi connectivity index (χ2v) is 8.21. The highest BCUT2D eigenvalue weighted by Gasteiger charge is 2.65. The van der Waals surface area contributed by atoms with Crippen molar-refractivity contribution in [3.63, 3.8) is 0 Å². The van der Waals surface area contributed by atoms with Gasteiger partial charge in [-0.05, 0) is 53.5 Å². The van der Waals surface area contributed by atoms with E-state index >= 15 is 0 Å². The number of fused-ring (bicyclic) bond motifs is 3. The zero-order valence-corrected chi connectivity index (χ0v) is 16.6. The van der Waals surface area contributed by atoms with Gasteiger partial charge in [-0.1, -0.05) is 48.5 Å². The topological polar surface area (TPSA) is 81.6 Å². The minimum atomic E-state index is -0.428. The van der Waals surface area contributed by atoms with E-state index in [-0.39, 0.29) is 11.8 Å². The number of hydrogen-bond acceptors (Lipinski definition) is 3. The molecular formula is C26H18N4O. The molecule has 1 aliphatic heterocycles. The summed E-state index contributed by atoms with van der Waals surface area (Å²) in [5, 5.41) is 20.6. The SMILES string of the molecule is N#Cc1ccc(C=Cc2n[nH]c3cc([C@@H]4C[C@@]45C(=O)Nc4ccccc45)ccc23)cc1. The fourth-order valence-corrected chi connectivity index (χ4v) is 4.80. The number of carbonyl (C=O) groups is 1. The minimum absolute atomic E-state index is 0.106. The third-order valence-corrected chi connectivity index (χ3v) is 6.51. The summed E-state index contributed by atoms with van der Waals surface area (Å²) in [6, 6.07) is 23.9. The molecule has 2 aliphatic rings. The molecule has 3 aromatic carbocycles. The molecule has 2 atom stereocenters. The fourth-order valence-electron chi connectivity index (χ4n) is 4.80. The van der Waals surface area contributed by atoms with E-state index in [9.17, 15) is 4.79 Å². The first-order valence-electron chi connectivity index (χ1n) is 10.3. The average Bonchev–Trinajstić information content (AvgIpc) is 3.34. The molecule has 148 valence electrons. The number of nitrogens with one attached hydrogen (secondary N) is 2. The van der Waals surface area contributed by atoms with Crippen molar-refractivity contribution >= 4 is 34.6 Å². The van der Waals surface area contributed by atoms with Crippen LogP contribution < -0.4 is 5.32 Å². The fraction of sp³-hybridized carbons (Fsp3) is 0.115. The predicted octanol–water partition coefficient (Wildman–Crippen LogP) is 4.98. The van der Waals surface area contributed by atoms with E-state index < -0.39 is 5.41 Å². The van der Waals surface area contributed by atoms with Gasteiger partial charge < -0.3 is 5.32 Å². The molecule has 1 amide bonds. The van der Waals surface area contributed by atoms with Crippen LogP contribution in [0.5, 0.6) is 0 Å². The Labute approximate surface area is 179 Å². The first-order valence-corrected chi connectivity index (χ1v) is 10.3. The molecule has 2 N–H and O–H groups in total. The van der Waals surface area contributed by atoms with Gasteiger partial charge in [0.15, 0.2) is 0 Å². The van der Waals surface area contributed by atoms with Crippen LogP contribution >= 0.6 is 0 Å². The standard InChI is InChI=1S/C26H18N4O/c27-15-17-7-5-16(6-8-17)9-12-22-19-11-10-18(13-24(19)30-29-22)21-14-26(21)20-3-1-2-4-23(20)28-25(26)31/h1-13,21H,14H2,(H,28,31)(H,29,30)/t21-,26-/m0/s1. The normalized spacial score (nSPS) is 21.4. The summed E-state index contributed by atoms with van der Waals surface area (Å²) < 4.78 is 0. The molecule has 5 heteroatoms. The summed E-state index contributed by atoms with van der Waals surface area (Å²) >= 11 is 0. The highest BCUT2D eigenvalue weighted by Crippen LogP contribution is 2.64. The van der Waals surface area contributed by atoms with Gasteiger partial charge in [0, 0.05) is 17.0 Å². The van der Waals surface area contributed by atoms with Crippen molar-refractivity contribution in [1.82, 2.24) is 10.2 Å². The number of aromatic nitrogens is 2. The van der Waals surface area contributed by atoms with Crippen LogP contribution in [0.1, 0.15) is 40.3 Å². The number of carbonyl (C=O) groups excluding carboxylic acids is 1. The number of amides is 1. The summed E-state index contributed by atoms with van der Waals surface area (Å²) in [6.45, 7) is 0. The lowest BCUT2D eigenvalue weighted by Gasteiger charge is -2.08. The lowest BCUT2D eigenvalue weighted by molar-refractivity contribution is -0.118. The molecule has 1 fully saturated rings. The van der Waals surface area contributed by atoms with Crippen molar-refractivity contribution in [3.05, 3.63) is 94.7 Å². The largest absolute Gasteiger partial charge is 0.325 e. The highest BCUT2D eigenvalue weighted by atomic mass is 16.2. The zero-order chi connectivity index (χ0) is 21.0. The van der Waals surface area contributed by atoms with Crippen LogP contribution in [0.25, 0.3) is 23.1 Å². The maximum Gasteiger partial charge on any atom is 0.235 e. The Morgan fingerprint density at radius 2 is 1.90 bits per heavy atom. The van der Waals surface area contributed by atoms with Crippen molar-refractivity contribution in [2.24, 2.45) is 0 Å². The highest BCUT2D eigenvalue weighted by molar-refractivity contribution is 6.09. The molecule has 1 aliphatic carbocycles. The number of nitriles is 1. The van der Waals surface area contributed by atoms with Gasteiger partial charge in [0.2, 0.25) is 5.91 Å². The average molecular weight is 402 g/mol. The van der Waals surface area contributed by atoms with E-state index in [0.717, 1.165) is 45.4 Å². The second kappa shape index (κ2) is 6.41. The molecule has 4 aromatic rings. The van der Waals surface area contributed by atoms with Crippen LogP contribution in [-0.2, 0) is 10.2 Å². The number of hydrogen-bond donors (Lipinski definition) is 2. The maximum absolute atomic E-state index is 12.8. The molecule has 5 nitrogen and oxygen atoms in total. The third kappa shape index (κ3) is 2.62. The number of nitrogens with zero attached hydrogens (tertiary/aromatic N) is 2. The van der Waals surface area contributed by atoms with Crippen molar-refractivity contribution in [3.8, 4) is 6.07 Å². The van der Waals surface area contributed by atoms with E-state index in [1.54, 1.807) is 12.1 Å². The molecule has 0 radical (unpaired) electrons. The molecule has 1 saturated carbocycles. The number of aromatic amines is 1. The molecular weight excluding hydrogens is 384 g/mol. The minimum Gasteiger partial charge on any atom is -0.325 e. The van der Waals surface area contributed by atoms with E-state index in [4.69, 9.17) is 5.26 Å². The van der Waals surface area contributed by atoms with Crippen molar-refractivity contribution < 1.29 is 4.79 Å². The molecule has 0 unspecified atom stereocenters.